The van der Waals surface area contributed by atoms with Crippen molar-refractivity contribution in [2.75, 3.05) is 7.11 Å². The molecule has 1 heterocycles. The number of benzene rings is 3. The quantitative estimate of drug-likeness (QED) is 0.185. The summed E-state index contributed by atoms with van der Waals surface area (Å²) in [5.74, 6) is -1.08. The van der Waals surface area contributed by atoms with E-state index in [0.717, 1.165) is 27.2 Å². The van der Waals surface area contributed by atoms with Crippen molar-refractivity contribution in [3.05, 3.63) is 97.6 Å². The van der Waals surface area contributed by atoms with Crippen LogP contribution in [-0.4, -0.2) is 29.1 Å². The molecule has 0 saturated carbocycles. The van der Waals surface area contributed by atoms with Gasteiger partial charge in [-0.3, -0.25) is 14.5 Å². The predicted octanol–water partition coefficient (Wildman–Crippen LogP) is 6.71. The van der Waals surface area contributed by atoms with Gasteiger partial charge in [-0.2, -0.15) is 0 Å². The van der Waals surface area contributed by atoms with Crippen LogP contribution in [0.4, 0.5) is 9.18 Å². The highest BCUT2D eigenvalue weighted by molar-refractivity contribution is 9.10. The van der Waals surface area contributed by atoms with Crippen molar-refractivity contribution in [1.82, 2.24) is 4.90 Å². The topological polar surface area (TPSA) is 72.9 Å². The summed E-state index contributed by atoms with van der Waals surface area (Å²) in [4.78, 5) is 39.0. The van der Waals surface area contributed by atoms with Crippen LogP contribution in [-0.2, 0) is 11.3 Å². The monoisotopic (exact) mass is 575 g/mol. The van der Waals surface area contributed by atoms with E-state index >= 15 is 0 Å². The lowest BCUT2D eigenvalue weighted by Gasteiger charge is -2.13. The van der Waals surface area contributed by atoms with E-state index in [0.29, 0.717) is 16.7 Å². The maximum absolute atomic E-state index is 13.3. The minimum atomic E-state index is -0.557. The van der Waals surface area contributed by atoms with Gasteiger partial charge in [0.15, 0.2) is 11.5 Å². The van der Waals surface area contributed by atoms with Crippen molar-refractivity contribution in [1.29, 1.82) is 0 Å². The van der Waals surface area contributed by atoms with Gasteiger partial charge >= 0.3 is 5.97 Å². The first-order valence-electron chi connectivity index (χ1n) is 10.1. The Hall–Kier alpha value is -3.14. The van der Waals surface area contributed by atoms with Crippen LogP contribution < -0.4 is 9.47 Å². The molecule has 0 N–H and O–H groups in total. The van der Waals surface area contributed by atoms with Crippen molar-refractivity contribution in [3.63, 3.8) is 0 Å². The van der Waals surface area contributed by atoms with E-state index in [9.17, 15) is 18.8 Å². The Morgan fingerprint density at radius 1 is 1.11 bits per heavy atom. The fourth-order valence-corrected chi connectivity index (χ4v) is 4.70. The van der Waals surface area contributed by atoms with Crippen molar-refractivity contribution in [3.8, 4) is 11.5 Å². The van der Waals surface area contributed by atoms with Gasteiger partial charge in [-0.05, 0) is 71.4 Å². The van der Waals surface area contributed by atoms with E-state index in [4.69, 9.17) is 21.1 Å². The molecule has 1 aliphatic heterocycles. The van der Waals surface area contributed by atoms with Crippen molar-refractivity contribution < 1.29 is 28.2 Å². The van der Waals surface area contributed by atoms with E-state index < -0.39 is 22.9 Å². The predicted molar refractivity (Wildman–Crippen MR) is 135 cm³/mol. The molecule has 35 heavy (non-hydrogen) atoms. The summed E-state index contributed by atoms with van der Waals surface area (Å²) in [6.07, 6.45) is 1.54. The summed E-state index contributed by atoms with van der Waals surface area (Å²) in [6, 6.07) is 15.3. The van der Waals surface area contributed by atoms with Crippen LogP contribution in [0, 0.1) is 5.82 Å². The molecule has 0 unspecified atom stereocenters. The Bertz CT molecular complexity index is 1380. The number of hydrogen-bond acceptors (Lipinski definition) is 6. The number of esters is 1. The second kappa shape index (κ2) is 10.6. The van der Waals surface area contributed by atoms with Gasteiger partial charge in [0.1, 0.15) is 5.82 Å². The molecular formula is C25H16BrClFNO5S. The molecule has 1 saturated heterocycles. The van der Waals surface area contributed by atoms with Crippen molar-refractivity contribution in [2.24, 2.45) is 0 Å². The molecule has 1 aliphatic rings. The van der Waals surface area contributed by atoms with Crippen molar-refractivity contribution >= 4 is 62.5 Å². The lowest BCUT2D eigenvalue weighted by atomic mass is 10.1. The van der Waals surface area contributed by atoms with Crippen LogP contribution in [0.1, 0.15) is 21.5 Å². The van der Waals surface area contributed by atoms with Gasteiger partial charge in [0.05, 0.1) is 24.1 Å². The molecule has 2 amide bonds. The molecule has 0 spiro atoms. The number of ether oxygens (including phenoxy) is 2. The average molecular weight is 577 g/mol. The molecule has 0 aliphatic carbocycles. The molecule has 3 aromatic rings. The highest BCUT2D eigenvalue weighted by Crippen LogP contribution is 2.36. The minimum absolute atomic E-state index is 0.0745. The molecule has 0 radical (unpaired) electrons. The summed E-state index contributed by atoms with van der Waals surface area (Å²) >= 11 is 10.1. The van der Waals surface area contributed by atoms with Gasteiger partial charge in [0.2, 0.25) is 0 Å². The standard InChI is InChI=1S/C25H16BrClFNO5S/c1-33-21-9-14(5-8-20(21)34-24(31)15-3-2-4-17(26)11-15)10-22-23(30)29(25(32)35-22)13-16-6-7-18(28)12-19(16)27/h2-12H,13H2,1H3/b22-10-. The van der Waals surface area contributed by atoms with Crippen LogP contribution in [0.5, 0.6) is 11.5 Å². The molecule has 1 fully saturated rings. The smallest absolute Gasteiger partial charge is 0.343 e. The fraction of sp³-hybridized carbons (Fsp3) is 0.0800. The van der Waals surface area contributed by atoms with E-state index in [1.165, 1.54) is 19.2 Å². The fourth-order valence-electron chi connectivity index (χ4n) is 3.24. The van der Waals surface area contributed by atoms with Gasteiger partial charge in [-0.1, -0.05) is 45.7 Å². The molecule has 178 valence electrons. The second-order valence-electron chi connectivity index (χ2n) is 7.31. The normalized spacial score (nSPS) is 14.5. The number of methoxy groups -OCH3 is 1. The molecule has 4 rings (SSSR count). The summed E-state index contributed by atoms with van der Waals surface area (Å²) in [7, 11) is 1.43. The van der Waals surface area contributed by atoms with Crippen LogP contribution in [0.15, 0.2) is 70.0 Å². The number of hydrogen-bond donors (Lipinski definition) is 0. The molecule has 3 aromatic carbocycles. The third-order valence-corrected chi connectivity index (χ3v) is 6.72. The third-order valence-electron chi connectivity index (χ3n) is 4.97. The van der Waals surface area contributed by atoms with Crippen molar-refractivity contribution in [2.45, 2.75) is 6.54 Å². The SMILES string of the molecule is COc1cc(/C=C2\SC(=O)N(Cc3ccc(F)cc3Cl)C2=O)ccc1OC(=O)c1cccc(Br)c1. The van der Waals surface area contributed by atoms with Crippen LogP contribution >= 0.6 is 39.3 Å². The highest BCUT2D eigenvalue weighted by atomic mass is 79.9. The number of amides is 2. The van der Waals surface area contributed by atoms with E-state index in [-0.39, 0.29) is 28.0 Å². The number of carbonyl (C=O) groups is 3. The Morgan fingerprint density at radius 2 is 1.91 bits per heavy atom. The molecular weight excluding hydrogens is 561 g/mol. The zero-order valence-electron chi connectivity index (χ0n) is 18.1. The van der Waals surface area contributed by atoms with Crippen LogP contribution in [0.2, 0.25) is 5.02 Å². The first kappa shape index (κ1) is 25.0. The van der Waals surface area contributed by atoms with Gasteiger partial charge < -0.3 is 9.47 Å². The molecule has 0 bridgehead atoms. The van der Waals surface area contributed by atoms with Gasteiger partial charge in [-0.15, -0.1) is 0 Å². The Kier molecular flexibility index (Phi) is 7.59. The number of rotatable bonds is 6. The highest BCUT2D eigenvalue weighted by Gasteiger charge is 2.35. The summed E-state index contributed by atoms with van der Waals surface area (Å²) in [6.45, 7) is -0.0745. The molecule has 0 aromatic heterocycles. The Balaban J connectivity index is 1.52. The summed E-state index contributed by atoms with van der Waals surface area (Å²) in [5, 5.41) is -0.334. The average Bonchev–Trinajstić information content (AvgIpc) is 3.08. The van der Waals surface area contributed by atoms with Crippen LogP contribution in [0.3, 0.4) is 0 Å². The third kappa shape index (κ3) is 5.75. The van der Waals surface area contributed by atoms with Gasteiger partial charge in [-0.25, -0.2) is 9.18 Å². The zero-order chi connectivity index (χ0) is 25.1. The molecule has 0 atom stereocenters. The zero-order valence-corrected chi connectivity index (χ0v) is 21.2. The molecule has 6 nitrogen and oxygen atoms in total. The lowest BCUT2D eigenvalue weighted by Crippen LogP contribution is -2.27. The lowest BCUT2D eigenvalue weighted by molar-refractivity contribution is -0.123. The number of imide groups is 1. The Labute approximate surface area is 217 Å². The minimum Gasteiger partial charge on any atom is -0.493 e. The van der Waals surface area contributed by atoms with E-state index in [2.05, 4.69) is 15.9 Å². The summed E-state index contributed by atoms with van der Waals surface area (Å²) in [5.41, 5.74) is 1.38. The summed E-state index contributed by atoms with van der Waals surface area (Å²) < 4.78 is 24.9. The van der Waals surface area contributed by atoms with E-state index in [1.807, 2.05) is 0 Å². The molecule has 10 heteroatoms. The van der Waals surface area contributed by atoms with Gasteiger partial charge in [0, 0.05) is 9.50 Å². The Morgan fingerprint density at radius 3 is 2.63 bits per heavy atom. The maximum Gasteiger partial charge on any atom is 0.343 e. The first-order valence-corrected chi connectivity index (χ1v) is 12.1. The number of nitrogens with zero attached hydrogens (tertiary/aromatic N) is 1. The van der Waals surface area contributed by atoms with E-state index in [1.54, 1.807) is 48.5 Å². The number of thioether (sulfide) groups is 1. The largest absolute Gasteiger partial charge is 0.493 e. The van der Waals surface area contributed by atoms with Gasteiger partial charge in [0.25, 0.3) is 11.1 Å². The van der Waals surface area contributed by atoms with Crippen LogP contribution in [0.25, 0.3) is 6.08 Å². The first-order chi connectivity index (χ1) is 16.7. The second-order valence-corrected chi connectivity index (χ2v) is 9.63. The number of carbonyl (C=O) groups excluding carboxylic acids is 3. The maximum atomic E-state index is 13.3. The number of halogens is 3.